The van der Waals surface area contributed by atoms with Gasteiger partial charge in [-0.05, 0) is 22.0 Å². The molecule has 1 N–H and O–H groups in total. The molecule has 2 aliphatic heterocycles. The van der Waals surface area contributed by atoms with Crippen LogP contribution in [0.1, 0.15) is 25.7 Å². The number of carbonyl (C=O) groups is 1. The van der Waals surface area contributed by atoms with Crippen LogP contribution in [-0.2, 0) is 4.84 Å². The maximum Gasteiger partial charge on any atom is 0.407 e. The highest BCUT2D eigenvalue weighted by atomic mass is 79.9. The van der Waals surface area contributed by atoms with E-state index in [2.05, 4.69) is 21.1 Å². The van der Waals surface area contributed by atoms with Gasteiger partial charge in [-0.3, -0.25) is 0 Å². The summed E-state index contributed by atoms with van der Waals surface area (Å²) in [7, 11) is 0. The molecular formula is C17H20BrF2N3O3. The second kappa shape index (κ2) is 8.20. The lowest BCUT2D eigenvalue weighted by molar-refractivity contribution is 0.0127. The number of halogens is 3. The first-order valence-electron chi connectivity index (χ1n) is 8.53. The molecule has 1 aromatic carbocycles. The number of anilines is 1. The smallest absolute Gasteiger partial charge is 0.407 e. The largest absolute Gasteiger partial charge is 0.465 e. The molecule has 0 aromatic heterocycles. The van der Waals surface area contributed by atoms with Gasteiger partial charge in [0.15, 0.2) is 0 Å². The van der Waals surface area contributed by atoms with Crippen LogP contribution in [0.25, 0.3) is 0 Å². The maximum atomic E-state index is 14.1. The first-order chi connectivity index (χ1) is 12.4. The summed E-state index contributed by atoms with van der Waals surface area (Å²) in [5.74, 6) is -0.947. The Balaban J connectivity index is 1.50. The predicted molar refractivity (Wildman–Crippen MR) is 96.6 cm³/mol. The van der Waals surface area contributed by atoms with Gasteiger partial charge in [-0.15, -0.1) is 0 Å². The van der Waals surface area contributed by atoms with Crippen molar-refractivity contribution in [3.63, 3.8) is 0 Å². The van der Waals surface area contributed by atoms with Crippen LogP contribution in [0.5, 0.6) is 0 Å². The molecule has 1 aromatic rings. The highest BCUT2D eigenvalue weighted by Gasteiger charge is 2.24. The lowest BCUT2D eigenvalue weighted by Gasteiger charge is -2.31. The zero-order valence-corrected chi connectivity index (χ0v) is 15.7. The Morgan fingerprint density at radius 3 is 2.42 bits per heavy atom. The zero-order valence-electron chi connectivity index (χ0n) is 14.1. The third-order valence-electron chi connectivity index (χ3n) is 4.71. The minimum absolute atomic E-state index is 0.0749. The second-order valence-electron chi connectivity index (χ2n) is 6.44. The summed E-state index contributed by atoms with van der Waals surface area (Å²) in [4.78, 5) is 19.6. The molecule has 2 fully saturated rings. The average molecular weight is 432 g/mol. The second-order valence-corrected chi connectivity index (χ2v) is 7.29. The van der Waals surface area contributed by atoms with Crippen molar-refractivity contribution in [2.45, 2.75) is 31.8 Å². The topological polar surface area (TPSA) is 65.4 Å². The van der Waals surface area contributed by atoms with Crippen LogP contribution in [0.2, 0.25) is 0 Å². The van der Waals surface area contributed by atoms with E-state index in [4.69, 9.17) is 9.94 Å². The fourth-order valence-corrected chi connectivity index (χ4v) is 3.47. The molecule has 0 aliphatic carbocycles. The van der Waals surface area contributed by atoms with E-state index in [9.17, 15) is 13.6 Å². The molecule has 26 heavy (non-hydrogen) atoms. The van der Waals surface area contributed by atoms with Crippen molar-refractivity contribution in [2.24, 2.45) is 5.16 Å². The highest BCUT2D eigenvalue weighted by molar-refractivity contribution is 9.10. The van der Waals surface area contributed by atoms with Crippen LogP contribution < -0.4 is 4.90 Å². The molecule has 0 spiro atoms. The molecule has 0 unspecified atom stereocenters. The van der Waals surface area contributed by atoms with Crippen molar-refractivity contribution in [3.8, 4) is 0 Å². The van der Waals surface area contributed by atoms with E-state index in [-0.39, 0.29) is 16.3 Å². The summed E-state index contributed by atoms with van der Waals surface area (Å²) in [6.45, 7) is 1.98. The Kier molecular flexibility index (Phi) is 5.95. The molecule has 0 bridgehead atoms. The van der Waals surface area contributed by atoms with E-state index >= 15 is 0 Å². The number of carboxylic acid groups (broad SMARTS) is 1. The maximum absolute atomic E-state index is 14.1. The number of oxime groups is 1. The Morgan fingerprint density at radius 1 is 1.15 bits per heavy atom. The predicted octanol–water partition coefficient (Wildman–Crippen LogP) is 3.84. The third-order valence-corrected chi connectivity index (χ3v) is 5.32. The molecule has 2 aliphatic rings. The summed E-state index contributed by atoms with van der Waals surface area (Å²) < 4.78 is 27.8. The quantitative estimate of drug-likeness (QED) is 0.583. The molecule has 0 saturated carbocycles. The van der Waals surface area contributed by atoms with Crippen LogP contribution >= 0.6 is 15.9 Å². The summed E-state index contributed by atoms with van der Waals surface area (Å²) in [5, 5.41) is 13.1. The lowest BCUT2D eigenvalue weighted by Crippen LogP contribution is -2.40. The van der Waals surface area contributed by atoms with Gasteiger partial charge in [0.05, 0.1) is 15.9 Å². The SMILES string of the molecule is O=C(O)N1CCC(ON=C2CCN(c3cc(F)c(Br)cc3F)CC2)CC1. The first kappa shape index (κ1) is 18.9. The Hall–Kier alpha value is -1.90. The van der Waals surface area contributed by atoms with E-state index in [0.29, 0.717) is 51.9 Å². The van der Waals surface area contributed by atoms with Gasteiger partial charge >= 0.3 is 6.09 Å². The van der Waals surface area contributed by atoms with Gasteiger partial charge in [0.25, 0.3) is 0 Å². The zero-order chi connectivity index (χ0) is 18.7. The Labute approximate surface area is 158 Å². The van der Waals surface area contributed by atoms with Gasteiger partial charge in [0.2, 0.25) is 0 Å². The summed E-state index contributed by atoms with van der Waals surface area (Å²) >= 11 is 2.98. The van der Waals surface area contributed by atoms with Gasteiger partial charge in [0.1, 0.15) is 17.7 Å². The fourth-order valence-electron chi connectivity index (χ4n) is 3.15. The van der Waals surface area contributed by atoms with E-state index in [1.54, 1.807) is 4.90 Å². The fraction of sp³-hybridized carbons (Fsp3) is 0.529. The number of nitrogens with zero attached hydrogens (tertiary/aromatic N) is 3. The molecule has 3 rings (SSSR count). The number of hydrogen-bond acceptors (Lipinski definition) is 4. The molecule has 9 heteroatoms. The summed E-state index contributed by atoms with van der Waals surface area (Å²) in [6.07, 6.45) is 1.50. The molecule has 0 atom stereocenters. The molecule has 142 valence electrons. The van der Waals surface area contributed by atoms with Crippen molar-refractivity contribution in [1.29, 1.82) is 0 Å². The van der Waals surface area contributed by atoms with Crippen LogP contribution in [0.15, 0.2) is 21.8 Å². The standard InChI is InChI=1S/C17H20BrF2N3O3/c18-13-9-15(20)16(10-14(13)19)22-5-1-11(2-6-22)21-26-12-3-7-23(8-4-12)17(24)25/h9-10,12H,1-8H2,(H,24,25). The van der Waals surface area contributed by atoms with Crippen molar-refractivity contribution in [3.05, 3.63) is 28.2 Å². The Morgan fingerprint density at radius 2 is 1.81 bits per heavy atom. The van der Waals surface area contributed by atoms with Crippen LogP contribution in [0, 0.1) is 11.6 Å². The van der Waals surface area contributed by atoms with Crippen LogP contribution in [0.3, 0.4) is 0 Å². The van der Waals surface area contributed by atoms with E-state index in [0.717, 1.165) is 11.8 Å². The summed E-state index contributed by atoms with van der Waals surface area (Å²) in [5.41, 5.74) is 1.15. The molecule has 6 nitrogen and oxygen atoms in total. The minimum Gasteiger partial charge on any atom is -0.465 e. The van der Waals surface area contributed by atoms with Crippen molar-refractivity contribution < 1.29 is 23.5 Å². The van der Waals surface area contributed by atoms with E-state index < -0.39 is 17.7 Å². The minimum atomic E-state index is -0.904. The van der Waals surface area contributed by atoms with Gasteiger partial charge < -0.3 is 19.7 Å². The number of piperidine rings is 2. The van der Waals surface area contributed by atoms with E-state index in [1.165, 1.54) is 11.0 Å². The molecule has 2 heterocycles. The van der Waals surface area contributed by atoms with Crippen molar-refractivity contribution >= 4 is 33.4 Å². The molecule has 1 amide bonds. The molecular weight excluding hydrogens is 412 g/mol. The number of likely N-dealkylation sites (tertiary alicyclic amines) is 1. The first-order valence-corrected chi connectivity index (χ1v) is 9.32. The number of benzene rings is 1. The third kappa shape index (κ3) is 4.44. The number of amides is 1. The molecule has 2 saturated heterocycles. The van der Waals surface area contributed by atoms with Crippen LogP contribution in [-0.4, -0.2) is 54.1 Å². The monoisotopic (exact) mass is 431 g/mol. The van der Waals surface area contributed by atoms with Crippen molar-refractivity contribution in [1.82, 2.24) is 4.90 Å². The number of rotatable bonds is 3. The lowest BCUT2D eigenvalue weighted by atomic mass is 10.1. The van der Waals surface area contributed by atoms with Crippen molar-refractivity contribution in [2.75, 3.05) is 31.1 Å². The number of hydrogen-bond donors (Lipinski definition) is 1. The normalized spacial score (nSPS) is 18.8. The summed E-state index contributed by atoms with van der Waals surface area (Å²) in [6, 6.07) is 2.34. The highest BCUT2D eigenvalue weighted by Crippen LogP contribution is 2.28. The van der Waals surface area contributed by atoms with Gasteiger partial charge in [0, 0.05) is 57.9 Å². The average Bonchev–Trinajstić information content (AvgIpc) is 2.64. The van der Waals surface area contributed by atoms with Gasteiger partial charge in [-0.1, -0.05) is 5.16 Å². The van der Waals surface area contributed by atoms with Gasteiger partial charge in [-0.25, -0.2) is 13.6 Å². The molecule has 0 radical (unpaired) electrons. The van der Waals surface area contributed by atoms with Crippen LogP contribution in [0.4, 0.5) is 19.3 Å². The van der Waals surface area contributed by atoms with E-state index in [1.807, 2.05) is 0 Å². The Bertz CT molecular complexity index is 699. The van der Waals surface area contributed by atoms with Gasteiger partial charge in [-0.2, -0.15) is 0 Å².